The summed E-state index contributed by atoms with van der Waals surface area (Å²) in [6.07, 6.45) is 6.81. The Morgan fingerprint density at radius 1 is 1.04 bits per heavy atom. The van der Waals surface area contributed by atoms with Crippen molar-refractivity contribution in [2.75, 3.05) is 6.26 Å². The molecule has 0 amide bonds. The highest BCUT2D eigenvalue weighted by atomic mass is 32.2. The van der Waals surface area contributed by atoms with Crippen LogP contribution in [0, 0.1) is 0 Å². The molecule has 0 aliphatic heterocycles. The van der Waals surface area contributed by atoms with Crippen molar-refractivity contribution in [3.63, 3.8) is 0 Å². The molecule has 0 atom stereocenters. The van der Waals surface area contributed by atoms with E-state index in [9.17, 15) is 8.42 Å². The molecule has 0 radical (unpaired) electrons. The van der Waals surface area contributed by atoms with Crippen molar-refractivity contribution in [2.24, 2.45) is 0 Å². The smallest absolute Gasteiger partial charge is 0.175 e. The Morgan fingerprint density at radius 3 is 2.57 bits per heavy atom. The number of hydrogen-bond acceptors (Lipinski definition) is 4. The lowest BCUT2D eigenvalue weighted by atomic mass is 10.2. The monoisotopic (exact) mass is 323 g/mol. The zero-order chi connectivity index (χ0) is 16.0. The fraction of sp³-hybridized carbons (Fsp3) is 0.0588. The van der Waals surface area contributed by atoms with Gasteiger partial charge in [-0.15, -0.1) is 0 Å². The molecule has 3 heterocycles. The predicted octanol–water partition coefficient (Wildman–Crippen LogP) is 2.95. The van der Waals surface area contributed by atoms with Crippen molar-refractivity contribution in [3.05, 3.63) is 61.1 Å². The quantitative estimate of drug-likeness (QED) is 0.569. The number of imidazole rings is 1. The number of sulfone groups is 1. The SMILES string of the molecule is CS(=O)(=O)c1ccc(-c2cn3ccc4cccnc4c3n2)cc1. The van der Waals surface area contributed by atoms with Gasteiger partial charge in [-0.2, -0.15) is 0 Å². The van der Waals surface area contributed by atoms with Crippen molar-refractivity contribution in [2.45, 2.75) is 4.90 Å². The van der Waals surface area contributed by atoms with Gasteiger partial charge in [0.1, 0.15) is 5.52 Å². The Kier molecular flexibility index (Phi) is 2.96. The van der Waals surface area contributed by atoms with Gasteiger partial charge in [0.15, 0.2) is 15.5 Å². The molecule has 0 saturated heterocycles. The largest absolute Gasteiger partial charge is 0.305 e. The van der Waals surface area contributed by atoms with Crippen LogP contribution in [0.25, 0.3) is 27.8 Å². The van der Waals surface area contributed by atoms with E-state index < -0.39 is 9.84 Å². The standard InChI is InChI=1S/C17H13N3O2S/c1-23(21,22)14-6-4-12(5-7-14)15-11-20-10-8-13-3-2-9-18-16(13)17(20)19-15/h2-11H,1H3. The summed E-state index contributed by atoms with van der Waals surface area (Å²) in [5.41, 5.74) is 3.27. The summed E-state index contributed by atoms with van der Waals surface area (Å²) in [6, 6.07) is 12.6. The second-order valence-corrected chi connectivity index (χ2v) is 7.43. The first-order chi connectivity index (χ1) is 11.0. The van der Waals surface area contributed by atoms with Crippen molar-refractivity contribution in [1.29, 1.82) is 0 Å². The van der Waals surface area contributed by atoms with E-state index in [1.807, 2.05) is 35.0 Å². The molecule has 3 aromatic heterocycles. The molecule has 6 heteroatoms. The van der Waals surface area contributed by atoms with Crippen LogP contribution < -0.4 is 0 Å². The molecule has 0 fully saturated rings. The number of rotatable bonds is 2. The van der Waals surface area contributed by atoms with Crippen LogP contribution in [0.5, 0.6) is 0 Å². The second-order valence-electron chi connectivity index (χ2n) is 5.41. The van der Waals surface area contributed by atoms with E-state index >= 15 is 0 Å². The molecule has 0 spiro atoms. The van der Waals surface area contributed by atoms with E-state index in [0.717, 1.165) is 27.8 Å². The molecule has 23 heavy (non-hydrogen) atoms. The third-order valence-electron chi connectivity index (χ3n) is 3.78. The molecular weight excluding hydrogens is 310 g/mol. The summed E-state index contributed by atoms with van der Waals surface area (Å²) >= 11 is 0. The van der Waals surface area contributed by atoms with Crippen LogP contribution in [-0.2, 0) is 9.84 Å². The average Bonchev–Trinajstić information content (AvgIpc) is 2.99. The molecule has 4 aromatic rings. The van der Waals surface area contributed by atoms with Gasteiger partial charge < -0.3 is 4.40 Å². The first-order valence-corrected chi connectivity index (χ1v) is 8.94. The van der Waals surface area contributed by atoms with Gasteiger partial charge in [-0.25, -0.2) is 13.4 Å². The highest BCUT2D eigenvalue weighted by molar-refractivity contribution is 7.90. The number of fused-ring (bicyclic) bond motifs is 3. The molecule has 0 aliphatic rings. The van der Waals surface area contributed by atoms with Crippen LogP contribution in [0.3, 0.4) is 0 Å². The van der Waals surface area contributed by atoms with Crippen molar-refractivity contribution in [1.82, 2.24) is 14.4 Å². The maximum absolute atomic E-state index is 11.5. The molecule has 114 valence electrons. The highest BCUT2D eigenvalue weighted by Gasteiger charge is 2.10. The predicted molar refractivity (Wildman–Crippen MR) is 89.0 cm³/mol. The van der Waals surface area contributed by atoms with Gasteiger partial charge >= 0.3 is 0 Å². The molecule has 0 saturated carbocycles. The number of hydrogen-bond donors (Lipinski definition) is 0. The molecule has 1 aromatic carbocycles. The number of nitrogens with zero attached hydrogens (tertiary/aromatic N) is 3. The first-order valence-electron chi connectivity index (χ1n) is 7.05. The Labute approximate surface area is 133 Å². The summed E-state index contributed by atoms with van der Waals surface area (Å²) in [5.74, 6) is 0. The van der Waals surface area contributed by atoms with Gasteiger partial charge in [0.05, 0.1) is 10.6 Å². The normalized spacial score (nSPS) is 12.0. The van der Waals surface area contributed by atoms with Gasteiger partial charge in [-0.3, -0.25) is 4.98 Å². The molecule has 0 aliphatic carbocycles. The zero-order valence-electron chi connectivity index (χ0n) is 12.3. The van der Waals surface area contributed by atoms with E-state index in [0.29, 0.717) is 4.90 Å². The minimum atomic E-state index is -3.19. The Hall–Kier alpha value is -2.73. The fourth-order valence-electron chi connectivity index (χ4n) is 2.59. The van der Waals surface area contributed by atoms with Crippen molar-refractivity contribution >= 4 is 26.4 Å². The lowest BCUT2D eigenvalue weighted by molar-refractivity contribution is 0.602. The van der Waals surface area contributed by atoms with E-state index in [2.05, 4.69) is 9.97 Å². The first kappa shape index (κ1) is 13.9. The summed E-state index contributed by atoms with van der Waals surface area (Å²) in [4.78, 5) is 9.36. The van der Waals surface area contributed by atoms with Crippen LogP contribution in [0.1, 0.15) is 0 Å². The Bertz CT molecular complexity index is 1130. The lowest BCUT2D eigenvalue weighted by Gasteiger charge is -1.99. The van der Waals surface area contributed by atoms with Gasteiger partial charge in [-0.1, -0.05) is 18.2 Å². The molecule has 0 bridgehead atoms. The lowest BCUT2D eigenvalue weighted by Crippen LogP contribution is -1.96. The molecule has 5 nitrogen and oxygen atoms in total. The average molecular weight is 323 g/mol. The van der Waals surface area contributed by atoms with E-state index in [4.69, 9.17) is 0 Å². The summed E-state index contributed by atoms with van der Waals surface area (Å²) in [6.45, 7) is 0. The van der Waals surface area contributed by atoms with Crippen LogP contribution in [0.4, 0.5) is 0 Å². The van der Waals surface area contributed by atoms with Crippen molar-refractivity contribution < 1.29 is 8.42 Å². The Balaban J connectivity index is 1.88. The van der Waals surface area contributed by atoms with Crippen LogP contribution >= 0.6 is 0 Å². The summed E-state index contributed by atoms with van der Waals surface area (Å²) in [7, 11) is -3.19. The third-order valence-corrected chi connectivity index (χ3v) is 4.90. The molecule has 0 N–H and O–H groups in total. The topological polar surface area (TPSA) is 64.3 Å². The van der Waals surface area contributed by atoms with E-state index in [1.165, 1.54) is 6.26 Å². The minimum absolute atomic E-state index is 0.303. The van der Waals surface area contributed by atoms with E-state index in [-0.39, 0.29) is 0 Å². The summed E-state index contributed by atoms with van der Waals surface area (Å²) < 4.78 is 25.0. The van der Waals surface area contributed by atoms with Crippen LogP contribution in [0.15, 0.2) is 66.0 Å². The molecule has 4 rings (SSSR count). The van der Waals surface area contributed by atoms with Gasteiger partial charge in [0, 0.05) is 35.8 Å². The number of aromatic nitrogens is 3. The fourth-order valence-corrected chi connectivity index (χ4v) is 3.22. The minimum Gasteiger partial charge on any atom is -0.305 e. The van der Waals surface area contributed by atoms with E-state index in [1.54, 1.807) is 30.5 Å². The second kappa shape index (κ2) is 4.89. The zero-order valence-corrected chi connectivity index (χ0v) is 13.2. The highest BCUT2D eigenvalue weighted by Crippen LogP contribution is 2.24. The molecular formula is C17H13N3O2S. The maximum Gasteiger partial charge on any atom is 0.175 e. The summed E-state index contributed by atoms with van der Waals surface area (Å²) in [5, 5.41) is 1.03. The van der Waals surface area contributed by atoms with Crippen LogP contribution in [-0.4, -0.2) is 29.0 Å². The number of benzene rings is 1. The van der Waals surface area contributed by atoms with Gasteiger partial charge in [-0.05, 0) is 24.3 Å². The molecule has 0 unspecified atom stereocenters. The maximum atomic E-state index is 11.5. The van der Waals surface area contributed by atoms with Crippen LogP contribution in [0.2, 0.25) is 0 Å². The number of pyridine rings is 2. The third kappa shape index (κ3) is 2.37. The van der Waals surface area contributed by atoms with Gasteiger partial charge in [0.2, 0.25) is 0 Å². The van der Waals surface area contributed by atoms with Crippen molar-refractivity contribution in [3.8, 4) is 11.3 Å². The Morgan fingerprint density at radius 2 is 1.83 bits per heavy atom. The van der Waals surface area contributed by atoms with Gasteiger partial charge in [0.25, 0.3) is 0 Å².